The van der Waals surface area contributed by atoms with E-state index in [9.17, 15) is 0 Å². The largest absolute Gasteiger partial charge is 0.341 e. The highest BCUT2D eigenvalue weighted by atomic mass is 32.1. The molecular weight excluding hydrogens is 242 g/mol. The lowest BCUT2D eigenvalue weighted by atomic mass is 9.83. The topological polar surface area (TPSA) is 29.0 Å². The summed E-state index contributed by atoms with van der Waals surface area (Å²) in [4.78, 5) is 7.29. The summed E-state index contributed by atoms with van der Waals surface area (Å²) in [6, 6.07) is 1.46. The molecule has 1 aromatic heterocycles. The fourth-order valence-electron chi connectivity index (χ4n) is 3.57. The summed E-state index contributed by atoms with van der Waals surface area (Å²) in [5.41, 5.74) is 0. The van der Waals surface area contributed by atoms with Crippen LogP contribution in [0.1, 0.15) is 52.3 Å². The van der Waals surface area contributed by atoms with Gasteiger partial charge in [0.1, 0.15) is 5.82 Å². The molecular formula is C14H23N3S. The van der Waals surface area contributed by atoms with E-state index < -0.39 is 0 Å². The van der Waals surface area contributed by atoms with E-state index in [-0.39, 0.29) is 0 Å². The molecule has 2 fully saturated rings. The summed E-state index contributed by atoms with van der Waals surface area (Å²) in [5.74, 6) is 2.76. The molecule has 0 aromatic carbocycles. The number of nitrogens with zero attached hydrogens (tertiary/aromatic N) is 3. The predicted molar refractivity (Wildman–Crippen MR) is 76.1 cm³/mol. The molecule has 100 valence electrons. The Morgan fingerprint density at radius 1 is 1.28 bits per heavy atom. The van der Waals surface area contributed by atoms with Crippen molar-refractivity contribution in [3.63, 3.8) is 0 Å². The number of rotatable bonds is 3. The monoisotopic (exact) mass is 265 g/mol. The Balaban J connectivity index is 1.79. The number of aryl methyl sites for hydroxylation is 1. The van der Waals surface area contributed by atoms with Crippen molar-refractivity contribution in [2.24, 2.45) is 11.8 Å². The van der Waals surface area contributed by atoms with Crippen molar-refractivity contribution < 1.29 is 0 Å². The Kier molecular flexibility index (Phi) is 3.31. The summed E-state index contributed by atoms with van der Waals surface area (Å²) in [6.07, 6.45) is 6.38. The molecule has 3 heterocycles. The zero-order chi connectivity index (χ0) is 12.7. The van der Waals surface area contributed by atoms with Crippen LogP contribution in [0.5, 0.6) is 0 Å². The van der Waals surface area contributed by atoms with Gasteiger partial charge in [0.2, 0.25) is 5.13 Å². The minimum Gasteiger partial charge on any atom is -0.341 e. The molecule has 2 saturated heterocycles. The summed E-state index contributed by atoms with van der Waals surface area (Å²) >= 11 is 1.60. The Bertz CT molecular complexity index is 401. The molecule has 3 nitrogen and oxygen atoms in total. The molecule has 2 aliphatic rings. The third-order valence-corrected chi connectivity index (χ3v) is 5.47. The molecule has 0 aliphatic carbocycles. The highest BCUT2D eigenvalue weighted by Crippen LogP contribution is 2.44. The van der Waals surface area contributed by atoms with Gasteiger partial charge in [-0.15, -0.1) is 0 Å². The molecule has 0 amide bonds. The van der Waals surface area contributed by atoms with E-state index in [1.54, 1.807) is 11.5 Å². The van der Waals surface area contributed by atoms with Gasteiger partial charge in [0, 0.05) is 30.0 Å². The first-order chi connectivity index (χ1) is 8.69. The van der Waals surface area contributed by atoms with E-state index in [1.807, 2.05) is 0 Å². The standard InChI is InChI=1S/C14H23N3S/c1-4-13-15-14(18-16-13)17-11-5-6-12(17)8-10(7-11)9(2)3/h9-12H,4-8H2,1-3H3. The van der Waals surface area contributed by atoms with Gasteiger partial charge in [-0.3, -0.25) is 0 Å². The van der Waals surface area contributed by atoms with Crippen LogP contribution in [0.15, 0.2) is 0 Å². The molecule has 18 heavy (non-hydrogen) atoms. The van der Waals surface area contributed by atoms with Crippen molar-refractivity contribution in [1.29, 1.82) is 0 Å². The number of aromatic nitrogens is 2. The molecule has 4 heteroatoms. The van der Waals surface area contributed by atoms with Gasteiger partial charge in [0.25, 0.3) is 0 Å². The number of hydrogen-bond donors (Lipinski definition) is 0. The highest BCUT2D eigenvalue weighted by molar-refractivity contribution is 7.09. The molecule has 2 aliphatic heterocycles. The lowest BCUT2D eigenvalue weighted by molar-refractivity contribution is 0.267. The van der Waals surface area contributed by atoms with Crippen LogP contribution in [0, 0.1) is 11.8 Å². The van der Waals surface area contributed by atoms with Crippen LogP contribution >= 0.6 is 11.5 Å². The molecule has 2 bridgehead atoms. The number of fused-ring (bicyclic) bond motifs is 2. The van der Waals surface area contributed by atoms with Gasteiger partial charge in [-0.25, -0.2) is 4.98 Å². The average Bonchev–Trinajstić information content (AvgIpc) is 2.91. The van der Waals surface area contributed by atoms with Crippen molar-refractivity contribution in [2.45, 2.75) is 65.0 Å². The Morgan fingerprint density at radius 2 is 1.94 bits per heavy atom. The van der Waals surface area contributed by atoms with Gasteiger partial charge >= 0.3 is 0 Å². The van der Waals surface area contributed by atoms with E-state index in [1.165, 1.54) is 30.8 Å². The second-order valence-corrected chi connectivity index (χ2v) is 6.84. The van der Waals surface area contributed by atoms with Gasteiger partial charge in [-0.05, 0) is 37.5 Å². The van der Waals surface area contributed by atoms with Gasteiger partial charge in [0.05, 0.1) is 0 Å². The predicted octanol–water partition coefficient (Wildman–Crippen LogP) is 3.50. The molecule has 1 aromatic rings. The second-order valence-electron chi connectivity index (χ2n) is 6.11. The molecule has 0 spiro atoms. The van der Waals surface area contributed by atoms with Crippen LogP contribution < -0.4 is 4.90 Å². The fourth-order valence-corrected chi connectivity index (χ4v) is 4.46. The third-order valence-electron chi connectivity index (χ3n) is 4.71. The van der Waals surface area contributed by atoms with Crippen LogP contribution in [0.2, 0.25) is 0 Å². The first kappa shape index (κ1) is 12.4. The summed E-state index contributed by atoms with van der Waals surface area (Å²) in [7, 11) is 0. The Hall–Kier alpha value is -0.640. The van der Waals surface area contributed by atoms with Crippen LogP contribution in [-0.2, 0) is 6.42 Å². The normalized spacial score (nSPS) is 31.3. The second kappa shape index (κ2) is 4.80. The third kappa shape index (κ3) is 2.04. The number of piperidine rings is 1. The van der Waals surface area contributed by atoms with Gasteiger partial charge in [-0.2, -0.15) is 4.37 Å². The van der Waals surface area contributed by atoms with Gasteiger partial charge < -0.3 is 4.90 Å². The molecule has 0 N–H and O–H groups in total. The summed E-state index contributed by atoms with van der Waals surface area (Å²) in [5, 5.41) is 1.18. The van der Waals surface area contributed by atoms with Crippen molar-refractivity contribution >= 4 is 16.7 Å². The zero-order valence-electron chi connectivity index (χ0n) is 11.6. The summed E-state index contributed by atoms with van der Waals surface area (Å²) in [6.45, 7) is 6.88. The zero-order valence-corrected chi connectivity index (χ0v) is 12.4. The van der Waals surface area contributed by atoms with Crippen molar-refractivity contribution in [3.05, 3.63) is 5.82 Å². The van der Waals surface area contributed by atoms with Crippen LogP contribution in [0.4, 0.5) is 5.13 Å². The van der Waals surface area contributed by atoms with Gasteiger partial charge in [-0.1, -0.05) is 20.8 Å². The van der Waals surface area contributed by atoms with Crippen molar-refractivity contribution in [3.8, 4) is 0 Å². The number of hydrogen-bond acceptors (Lipinski definition) is 4. The van der Waals surface area contributed by atoms with Crippen molar-refractivity contribution in [1.82, 2.24) is 9.36 Å². The Morgan fingerprint density at radius 3 is 2.44 bits per heavy atom. The molecule has 0 saturated carbocycles. The first-order valence-corrected chi connectivity index (χ1v) is 8.07. The van der Waals surface area contributed by atoms with Crippen LogP contribution in [-0.4, -0.2) is 21.4 Å². The van der Waals surface area contributed by atoms with E-state index in [2.05, 4.69) is 30.0 Å². The maximum absolute atomic E-state index is 4.70. The molecule has 0 radical (unpaired) electrons. The van der Waals surface area contributed by atoms with E-state index >= 15 is 0 Å². The first-order valence-electron chi connectivity index (χ1n) is 7.30. The molecule has 2 unspecified atom stereocenters. The fraction of sp³-hybridized carbons (Fsp3) is 0.857. The smallest absolute Gasteiger partial charge is 0.205 e. The number of anilines is 1. The van der Waals surface area contributed by atoms with E-state index in [0.29, 0.717) is 0 Å². The average molecular weight is 265 g/mol. The van der Waals surface area contributed by atoms with Crippen LogP contribution in [0.3, 0.4) is 0 Å². The lowest BCUT2D eigenvalue weighted by Crippen LogP contribution is -2.44. The minimum atomic E-state index is 0.730. The molecule has 3 rings (SSSR count). The van der Waals surface area contributed by atoms with E-state index in [4.69, 9.17) is 4.98 Å². The van der Waals surface area contributed by atoms with E-state index in [0.717, 1.165) is 36.2 Å². The minimum absolute atomic E-state index is 0.730. The lowest BCUT2D eigenvalue weighted by Gasteiger charge is -2.40. The SMILES string of the molecule is CCc1nsc(N2C3CCC2CC(C(C)C)C3)n1. The van der Waals surface area contributed by atoms with Crippen LogP contribution in [0.25, 0.3) is 0 Å². The summed E-state index contributed by atoms with van der Waals surface area (Å²) < 4.78 is 4.45. The quantitative estimate of drug-likeness (QED) is 0.837. The Labute approximate surface area is 114 Å². The highest BCUT2D eigenvalue weighted by Gasteiger charge is 2.42. The van der Waals surface area contributed by atoms with Crippen molar-refractivity contribution in [2.75, 3.05) is 4.90 Å². The van der Waals surface area contributed by atoms with Gasteiger partial charge in [0.15, 0.2) is 0 Å². The molecule has 2 atom stereocenters. The maximum atomic E-state index is 4.70. The maximum Gasteiger partial charge on any atom is 0.205 e.